The number of hydrogen-bond donors (Lipinski definition) is 4. The zero-order valence-electron chi connectivity index (χ0n) is 19.1. The second kappa shape index (κ2) is 11.5. The van der Waals surface area contributed by atoms with Crippen molar-refractivity contribution < 1.29 is 29.0 Å². The zero-order chi connectivity index (χ0) is 24.7. The number of nitrogens with one attached hydrogen (secondary N) is 1. The molecule has 2 aromatic rings. The second-order valence-electron chi connectivity index (χ2n) is 8.03. The number of carboxylic acids is 2. The molecule has 0 saturated carbocycles. The number of carbonyl (C=O) groups excluding carboxylic acids is 1. The Kier molecular flexibility index (Phi) is 8.98. The molecule has 0 spiro atoms. The number of aryl methyl sites for hydroxylation is 2. The van der Waals surface area contributed by atoms with Crippen LogP contribution in [0.3, 0.4) is 0 Å². The zero-order valence-corrected chi connectivity index (χ0v) is 19.1. The van der Waals surface area contributed by atoms with Gasteiger partial charge in [-0.15, -0.1) is 0 Å². The number of fused-ring (bicyclic) bond motifs is 1. The molecular weight excluding hydrogens is 430 g/mol. The van der Waals surface area contributed by atoms with Crippen LogP contribution in [0.5, 0.6) is 0 Å². The maximum absolute atomic E-state index is 12.4. The van der Waals surface area contributed by atoms with E-state index in [1.165, 1.54) is 4.90 Å². The highest BCUT2D eigenvalue weighted by atomic mass is 16.4. The van der Waals surface area contributed by atoms with Crippen LogP contribution in [-0.4, -0.2) is 58.6 Å². The Morgan fingerprint density at radius 3 is 2.48 bits per heavy atom. The van der Waals surface area contributed by atoms with Gasteiger partial charge in [-0.1, -0.05) is 6.92 Å². The number of hydrogen-bond acceptors (Lipinski definition) is 7. The molecule has 0 bridgehead atoms. The lowest BCUT2D eigenvalue weighted by Gasteiger charge is -2.25. The Morgan fingerprint density at radius 2 is 1.88 bits per heavy atom. The molecule has 10 nitrogen and oxygen atoms in total. The minimum absolute atomic E-state index is 0.131. The summed E-state index contributed by atoms with van der Waals surface area (Å²) < 4.78 is 5.34. The molecule has 1 aromatic heterocycles. The Bertz CT molecular complexity index is 1090. The lowest BCUT2D eigenvalue weighted by Crippen LogP contribution is -2.44. The first kappa shape index (κ1) is 25.9. The molecule has 0 saturated heterocycles. The molecule has 1 aromatic carbocycles. The molecule has 180 valence electrons. The molecule has 1 atom stereocenters. The predicted molar refractivity (Wildman–Crippen MR) is 123 cm³/mol. The summed E-state index contributed by atoms with van der Waals surface area (Å²) in [5.74, 6) is -2.49. The monoisotopic (exact) mass is 461 g/mol. The van der Waals surface area contributed by atoms with Crippen molar-refractivity contribution in [2.75, 3.05) is 25.4 Å². The number of nitrogens with two attached hydrogens (primary N) is 1. The third kappa shape index (κ3) is 6.79. The van der Waals surface area contributed by atoms with Gasteiger partial charge in [-0.2, -0.15) is 0 Å². The summed E-state index contributed by atoms with van der Waals surface area (Å²) in [6, 6.07) is 2.53. The van der Waals surface area contributed by atoms with Crippen LogP contribution in [0.4, 0.5) is 5.69 Å². The second-order valence-corrected chi connectivity index (χ2v) is 8.03. The van der Waals surface area contributed by atoms with Crippen molar-refractivity contribution >= 4 is 34.5 Å². The van der Waals surface area contributed by atoms with Crippen molar-refractivity contribution in [2.45, 2.75) is 52.5 Å². The topological polar surface area (TPSA) is 163 Å². The average molecular weight is 462 g/mol. The Hall–Kier alpha value is -3.40. The van der Waals surface area contributed by atoms with Crippen LogP contribution >= 0.6 is 0 Å². The third-order valence-electron chi connectivity index (χ3n) is 5.71. The number of carbonyl (C=O) groups is 3. The van der Waals surface area contributed by atoms with Crippen molar-refractivity contribution in [1.82, 2.24) is 10.2 Å². The van der Waals surface area contributed by atoms with E-state index >= 15 is 0 Å². The molecule has 10 heteroatoms. The van der Waals surface area contributed by atoms with E-state index in [0.717, 1.165) is 10.9 Å². The van der Waals surface area contributed by atoms with Gasteiger partial charge < -0.3 is 25.7 Å². The first-order chi connectivity index (χ1) is 15.5. The molecule has 0 aliphatic rings. The van der Waals surface area contributed by atoms with E-state index < -0.39 is 23.6 Å². The van der Waals surface area contributed by atoms with Gasteiger partial charge in [0.2, 0.25) is 5.91 Å². The maximum atomic E-state index is 12.4. The van der Waals surface area contributed by atoms with Gasteiger partial charge in [0.05, 0.1) is 18.5 Å². The fraction of sp³-hybridized carbons (Fsp3) is 0.478. The summed E-state index contributed by atoms with van der Waals surface area (Å²) in [5.41, 5.74) is 7.99. The van der Waals surface area contributed by atoms with Gasteiger partial charge in [0, 0.05) is 23.7 Å². The Balaban J connectivity index is 1.92. The molecule has 0 aliphatic heterocycles. The van der Waals surface area contributed by atoms with Gasteiger partial charge in [-0.05, 0) is 56.8 Å². The van der Waals surface area contributed by atoms with Gasteiger partial charge in [0.1, 0.15) is 11.6 Å². The van der Waals surface area contributed by atoms with E-state index in [4.69, 9.17) is 15.3 Å². The number of benzene rings is 1. The molecule has 5 N–H and O–H groups in total. The Labute approximate surface area is 191 Å². The molecule has 1 heterocycles. The third-order valence-corrected chi connectivity index (χ3v) is 5.71. The fourth-order valence-corrected chi connectivity index (χ4v) is 3.76. The van der Waals surface area contributed by atoms with Crippen molar-refractivity contribution in [1.29, 1.82) is 0 Å². The average Bonchev–Trinajstić information content (AvgIpc) is 2.73. The smallest absolute Gasteiger partial charge is 0.340 e. The quantitative estimate of drug-likeness (QED) is 0.209. The van der Waals surface area contributed by atoms with Gasteiger partial charge in [-0.3, -0.25) is 19.3 Å². The van der Waals surface area contributed by atoms with Crippen LogP contribution in [0, 0.1) is 13.8 Å². The van der Waals surface area contributed by atoms with E-state index in [0.29, 0.717) is 42.8 Å². The van der Waals surface area contributed by atoms with Crippen molar-refractivity contribution in [3.05, 3.63) is 39.2 Å². The van der Waals surface area contributed by atoms with Crippen LogP contribution in [0.15, 0.2) is 21.3 Å². The summed E-state index contributed by atoms with van der Waals surface area (Å²) in [7, 11) is 0. The van der Waals surface area contributed by atoms with Crippen LogP contribution in [0.2, 0.25) is 0 Å². The van der Waals surface area contributed by atoms with Crippen molar-refractivity contribution in [3.63, 3.8) is 0 Å². The summed E-state index contributed by atoms with van der Waals surface area (Å²) in [6.45, 7) is 5.59. The van der Waals surface area contributed by atoms with Gasteiger partial charge in [0.15, 0.2) is 0 Å². The minimum atomic E-state index is -1.08. The minimum Gasteiger partial charge on any atom is -0.480 e. The molecule has 2 rings (SSSR count). The van der Waals surface area contributed by atoms with Gasteiger partial charge >= 0.3 is 17.6 Å². The van der Waals surface area contributed by atoms with Crippen LogP contribution in [0.1, 0.15) is 42.9 Å². The van der Waals surface area contributed by atoms with Gasteiger partial charge in [0.25, 0.3) is 0 Å². The summed E-state index contributed by atoms with van der Waals surface area (Å²) >= 11 is 0. The molecule has 0 radical (unpaired) electrons. The van der Waals surface area contributed by atoms with Gasteiger partial charge in [-0.25, -0.2) is 4.79 Å². The number of rotatable bonds is 12. The highest BCUT2D eigenvalue weighted by Gasteiger charge is 2.25. The van der Waals surface area contributed by atoms with E-state index in [1.807, 2.05) is 13.0 Å². The highest BCUT2D eigenvalue weighted by Crippen LogP contribution is 2.24. The lowest BCUT2D eigenvalue weighted by atomic mass is 10.0. The number of nitrogen functional groups attached to an aromatic ring is 1. The number of carboxylic acid groups (broad SMARTS) is 2. The number of anilines is 1. The van der Waals surface area contributed by atoms with Crippen LogP contribution in [-0.2, 0) is 20.8 Å². The molecular formula is C23H31N3O7. The number of aliphatic carboxylic acids is 2. The maximum Gasteiger partial charge on any atom is 0.340 e. The van der Waals surface area contributed by atoms with Crippen LogP contribution in [0.25, 0.3) is 11.0 Å². The summed E-state index contributed by atoms with van der Waals surface area (Å²) in [4.78, 5) is 48.6. The number of likely N-dealkylation sites (N-methyl/N-ethyl adjacent to an activating group) is 1. The SMILES string of the molecule is CCN(CC(=O)O)C(CCCCNC(=O)Cc1c(C)c2cc(C)c(N)cc2oc1=O)C(=O)O. The lowest BCUT2D eigenvalue weighted by molar-refractivity contribution is -0.146. The standard InChI is InChI=1S/C23H31N3O7/c1-4-26(12-21(28)29)18(22(30)31)7-5-6-8-25-20(27)10-16-14(3)15-9-13(2)17(24)11-19(15)33-23(16)32/h9,11,18H,4-8,10,12,24H2,1-3H3,(H,25,27)(H,28,29)(H,30,31). The molecule has 1 unspecified atom stereocenters. The fourth-order valence-electron chi connectivity index (χ4n) is 3.76. The van der Waals surface area contributed by atoms with E-state index in [9.17, 15) is 24.3 Å². The molecule has 0 aliphatic carbocycles. The van der Waals surface area contributed by atoms with E-state index in [2.05, 4.69) is 5.32 Å². The number of unbranched alkanes of at least 4 members (excludes halogenated alkanes) is 1. The Morgan fingerprint density at radius 1 is 1.18 bits per heavy atom. The largest absolute Gasteiger partial charge is 0.480 e. The van der Waals surface area contributed by atoms with Crippen molar-refractivity contribution in [3.8, 4) is 0 Å². The van der Waals surface area contributed by atoms with E-state index in [-0.39, 0.29) is 30.9 Å². The number of nitrogens with zero attached hydrogens (tertiary/aromatic N) is 1. The molecule has 33 heavy (non-hydrogen) atoms. The predicted octanol–water partition coefficient (Wildman–Crippen LogP) is 1.68. The summed E-state index contributed by atoms with van der Waals surface area (Å²) in [5, 5.41) is 21.8. The normalized spacial score (nSPS) is 12.1. The highest BCUT2D eigenvalue weighted by molar-refractivity contribution is 5.87. The van der Waals surface area contributed by atoms with E-state index in [1.54, 1.807) is 19.9 Å². The first-order valence-electron chi connectivity index (χ1n) is 10.8. The first-order valence-corrected chi connectivity index (χ1v) is 10.8. The summed E-state index contributed by atoms with van der Waals surface area (Å²) in [6.07, 6.45) is 1.14. The van der Waals surface area contributed by atoms with Crippen molar-refractivity contribution in [2.24, 2.45) is 0 Å². The number of amides is 1. The molecule has 0 fully saturated rings. The molecule has 1 amide bonds. The van der Waals surface area contributed by atoms with Crippen LogP contribution < -0.4 is 16.7 Å².